The van der Waals surface area contributed by atoms with Crippen molar-refractivity contribution in [1.29, 1.82) is 0 Å². The second kappa shape index (κ2) is 5.84. The number of urea groups is 1. The number of hydrogen-bond acceptors (Lipinski definition) is 4. The molecule has 0 aromatic heterocycles. The first-order valence-electron chi connectivity index (χ1n) is 6.90. The molecule has 2 aromatic rings. The Morgan fingerprint density at radius 3 is 2.52 bits per heavy atom. The molecule has 3 amide bonds. The van der Waals surface area contributed by atoms with Gasteiger partial charge in [-0.2, -0.15) is 0 Å². The average molecular weight is 310 g/mol. The van der Waals surface area contributed by atoms with Crippen LogP contribution in [0.3, 0.4) is 0 Å². The van der Waals surface area contributed by atoms with E-state index in [1.165, 1.54) is 13.2 Å². The number of anilines is 1. The van der Waals surface area contributed by atoms with Crippen LogP contribution in [0, 0.1) is 0 Å². The summed E-state index contributed by atoms with van der Waals surface area (Å²) in [7, 11) is 1.44. The van der Waals surface area contributed by atoms with Crippen LogP contribution in [0.5, 0.6) is 11.5 Å². The number of phenolic OH excluding ortho intramolecular Hbond substituents is 1. The van der Waals surface area contributed by atoms with Gasteiger partial charge in [-0.05, 0) is 24.3 Å². The lowest BCUT2D eigenvalue weighted by Crippen LogP contribution is -2.30. The minimum atomic E-state index is -0.533. The molecule has 1 aliphatic heterocycles. The summed E-state index contributed by atoms with van der Waals surface area (Å²) in [6, 6.07) is 13.0. The SMILES string of the molecule is COc1cccc(/C=C2/NC(=O)N(c3ccccc3)C2=O)c1O. The number of aromatic hydroxyl groups is 1. The average Bonchev–Trinajstić information content (AvgIpc) is 2.84. The van der Waals surface area contributed by atoms with E-state index in [0.717, 1.165) is 4.90 Å². The first-order chi connectivity index (χ1) is 11.1. The third-order valence-electron chi connectivity index (χ3n) is 3.44. The van der Waals surface area contributed by atoms with E-state index >= 15 is 0 Å². The summed E-state index contributed by atoms with van der Waals surface area (Å²) >= 11 is 0. The van der Waals surface area contributed by atoms with Gasteiger partial charge in [0.2, 0.25) is 0 Å². The molecule has 0 bridgehead atoms. The fourth-order valence-electron chi connectivity index (χ4n) is 2.32. The summed E-state index contributed by atoms with van der Waals surface area (Å²) < 4.78 is 5.03. The van der Waals surface area contributed by atoms with Gasteiger partial charge in [0.05, 0.1) is 12.8 Å². The Balaban J connectivity index is 1.97. The lowest BCUT2D eigenvalue weighted by atomic mass is 10.1. The van der Waals surface area contributed by atoms with Crippen molar-refractivity contribution >= 4 is 23.7 Å². The van der Waals surface area contributed by atoms with Crippen molar-refractivity contribution in [2.24, 2.45) is 0 Å². The van der Waals surface area contributed by atoms with E-state index < -0.39 is 11.9 Å². The Morgan fingerprint density at radius 1 is 1.09 bits per heavy atom. The van der Waals surface area contributed by atoms with Crippen LogP contribution in [-0.2, 0) is 4.79 Å². The smallest absolute Gasteiger partial charge is 0.333 e. The number of phenols is 1. The van der Waals surface area contributed by atoms with E-state index in [9.17, 15) is 14.7 Å². The van der Waals surface area contributed by atoms with Crippen LogP contribution < -0.4 is 15.0 Å². The van der Waals surface area contributed by atoms with Crippen molar-refractivity contribution in [2.45, 2.75) is 0 Å². The van der Waals surface area contributed by atoms with Gasteiger partial charge in [-0.15, -0.1) is 0 Å². The van der Waals surface area contributed by atoms with E-state index in [0.29, 0.717) is 11.3 Å². The maximum atomic E-state index is 12.4. The maximum absolute atomic E-state index is 12.4. The van der Waals surface area contributed by atoms with Gasteiger partial charge in [0, 0.05) is 5.56 Å². The molecule has 116 valence electrons. The highest BCUT2D eigenvalue weighted by Crippen LogP contribution is 2.31. The summed E-state index contributed by atoms with van der Waals surface area (Å²) in [5.41, 5.74) is 0.943. The van der Waals surface area contributed by atoms with E-state index in [1.807, 2.05) is 0 Å². The number of methoxy groups -OCH3 is 1. The van der Waals surface area contributed by atoms with Crippen molar-refractivity contribution in [3.63, 3.8) is 0 Å². The Labute approximate surface area is 132 Å². The molecule has 2 N–H and O–H groups in total. The molecular weight excluding hydrogens is 296 g/mol. The molecule has 2 aromatic carbocycles. The normalized spacial score (nSPS) is 15.9. The first-order valence-corrected chi connectivity index (χ1v) is 6.90. The predicted octanol–water partition coefficient (Wildman–Crippen LogP) is 2.50. The number of ether oxygens (including phenoxy) is 1. The van der Waals surface area contributed by atoms with E-state index in [1.54, 1.807) is 48.5 Å². The number of benzene rings is 2. The number of carbonyl (C=O) groups is 2. The van der Waals surface area contributed by atoms with E-state index in [2.05, 4.69) is 5.32 Å². The molecule has 0 unspecified atom stereocenters. The molecule has 6 nitrogen and oxygen atoms in total. The van der Waals surface area contributed by atoms with E-state index in [4.69, 9.17) is 4.74 Å². The topological polar surface area (TPSA) is 78.9 Å². The molecule has 0 atom stereocenters. The van der Waals surface area contributed by atoms with Crippen LogP contribution in [0.25, 0.3) is 6.08 Å². The fraction of sp³-hybridized carbons (Fsp3) is 0.0588. The Kier molecular flexibility index (Phi) is 3.72. The molecule has 23 heavy (non-hydrogen) atoms. The second-order valence-electron chi connectivity index (χ2n) is 4.86. The van der Waals surface area contributed by atoms with Crippen molar-refractivity contribution in [1.82, 2.24) is 5.32 Å². The molecule has 0 radical (unpaired) electrons. The molecule has 1 aliphatic rings. The van der Waals surface area contributed by atoms with Crippen molar-refractivity contribution < 1.29 is 19.4 Å². The molecule has 1 saturated heterocycles. The van der Waals surface area contributed by atoms with Crippen LogP contribution in [0.1, 0.15) is 5.56 Å². The molecule has 0 aliphatic carbocycles. The first kappa shape index (κ1) is 14.6. The minimum Gasteiger partial charge on any atom is -0.504 e. The monoisotopic (exact) mass is 310 g/mol. The molecule has 1 fully saturated rings. The summed E-state index contributed by atoms with van der Waals surface area (Å²) in [5.74, 6) is -0.290. The third-order valence-corrected chi connectivity index (χ3v) is 3.44. The number of nitrogens with zero attached hydrogens (tertiary/aromatic N) is 1. The van der Waals surface area contributed by atoms with Gasteiger partial charge in [-0.3, -0.25) is 4.79 Å². The largest absolute Gasteiger partial charge is 0.504 e. The quantitative estimate of drug-likeness (QED) is 0.674. The summed E-state index contributed by atoms with van der Waals surface area (Å²) in [6.45, 7) is 0. The van der Waals surface area contributed by atoms with E-state index in [-0.39, 0.29) is 17.2 Å². The summed E-state index contributed by atoms with van der Waals surface area (Å²) in [5, 5.41) is 12.6. The number of nitrogens with one attached hydrogen (secondary N) is 1. The maximum Gasteiger partial charge on any atom is 0.333 e. The molecule has 6 heteroatoms. The van der Waals surface area contributed by atoms with Crippen LogP contribution in [0.2, 0.25) is 0 Å². The number of para-hydroxylation sites is 2. The Hall–Kier alpha value is -3.28. The highest BCUT2D eigenvalue weighted by atomic mass is 16.5. The van der Waals surface area contributed by atoms with Crippen LogP contribution in [0.4, 0.5) is 10.5 Å². The highest BCUT2D eigenvalue weighted by molar-refractivity contribution is 6.28. The molecule has 3 rings (SSSR count). The van der Waals surface area contributed by atoms with Gasteiger partial charge < -0.3 is 15.2 Å². The van der Waals surface area contributed by atoms with Gasteiger partial charge >= 0.3 is 6.03 Å². The zero-order valence-corrected chi connectivity index (χ0v) is 12.3. The van der Waals surface area contributed by atoms with Crippen LogP contribution in [0.15, 0.2) is 54.2 Å². The van der Waals surface area contributed by atoms with Crippen molar-refractivity contribution in [3.8, 4) is 11.5 Å². The predicted molar refractivity (Wildman–Crippen MR) is 85.1 cm³/mol. The lowest BCUT2D eigenvalue weighted by Gasteiger charge is -2.11. The standard InChI is InChI=1S/C17H14N2O4/c1-23-14-9-5-6-11(15(14)20)10-13-16(21)19(17(22)18-13)12-7-3-2-4-8-12/h2-10,20H,1H3,(H,18,22)/b13-10+. The Morgan fingerprint density at radius 2 is 1.83 bits per heavy atom. The number of carbonyl (C=O) groups excluding carboxylic acids is 2. The fourth-order valence-corrected chi connectivity index (χ4v) is 2.32. The van der Waals surface area contributed by atoms with Crippen LogP contribution >= 0.6 is 0 Å². The zero-order chi connectivity index (χ0) is 16.4. The zero-order valence-electron chi connectivity index (χ0n) is 12.3. The lowest BCUT2D eigenvalue weighted by molar-refractivity contribution is -0.113. The number of amides is 3. The van der Waals surface area contributed by atoms with Gasteiger partial charge in [-0.1, -0.05) is 30.3 Å². The van der Waals surface area contributed by atoms with Crippen molar-refractivity contribution in [3.05, 3.63) is 59.8 Å². The van der Waals surface area contributed by atoms with Gasteiger partial charge in [0.25, 0.3) is 5.91 Å². The van der Waals surface area contributed by atoms with Gasteiger partial charge in [0.1, 0.15) is 5.70 Å². The van der Waals surface area contributed by atoms with Crippen molar-refractivity contribution in [2.75, 3.05) is 12.0 Å². The highest BCUT2D eigenvalue weighted by Gasteiger charge is 2.34. The van der Waals surface area contributed by atoms with Gasteiger partial charge in [-0.25, -0.2) is 9.69 Å². The number of rotatable bonds is 3. The summed E-state index contributed by atoms with van der Waals surface area (Å²) in [4.78, 5) is 25.6. The Bertz CT molecular complexity index is 799. The molecule has 0 saturated carbocycles. The number of hydrogen-bond donors (Lipinski definition) is 2. The molecule has 1 heterocycles. The molecule has 0 spiro atoms. The third kappa shape index (κ3) is 2.62. The van der Waals surface area contributed by atoms with Crippen LogP contribution in [-0.4, -0.2) is 24.2 Å². The van der Waals surface area contributed by atoms with Gasteiger partial charge in [0.15, 0.2) is 11.5 Å². The molecular formula is C17H14N2O4. The minimum absolute atomic E-state index is 0.0856. The second-order valence-corrected chi connectivity index (χ2v) is 4.86. The number of imide groups is 1. The summed E-state index contributed by atoms with van der Waals surface area (Å²) in [6.07, 6.45) is 1.42.